The summed E-state index contributed by atoms with van der Waals surface area (Å²) >= 11 is 0. The monoisotopic (exact) mass is 391 g/mol. The number of hydrogen-bond donors (Lipinski definition) is 1. The number of amides is 1. The molecule has 1 aromatic heterocycles. The Hall–Kier alpha value is -3.55. The molecule has 8 nitrogen and oxygen atoms in total. The Kier molecular flexibility index (Phi) is 5.07. The molecule has 2 heterocycles. The van der Waals surface area contributed by atoms with Crippen LogP contribution in [0.3, 0.4) is 0 Å². The number of likely N-dealkylation sites (tertiary alicyclic amines) is 1. The zero-order valence-electron chi connectivity index (χ0n) is 15.8. The lowest BCUT2D eigenvalue weighted by Gasteiger charge is -2.39. The number of hydrogen-bond acceptors (Lipinski definition) is 5. The lowest BCUT2D eigenvalue weighted by molar-refractivity contribution is 0.0960. The third kappa shape index (κ3) is 3.73. The molecule has 1 aliphatic heterocycles. The van der Waals surface area contributed by atoms with Gasteiger partial charge in [0.25, 0.3) is 0 Å². The van der Waals surface area contributed by atoms with Crippen LogP contribution in [0.15, 0.2) is 60.7 Å². The van der Waals surface area contributed by atoms with E-state index in [0.29, 0.717) is 37.3 Å². The largest absolute Gasteiger partial charge is 0.465 e. The highest BCUT2D eigenvalue weighted by molar-refractivity contribution is 5.95. The molecule has 3 aromatic rings. The van der Waals surface area contributed by atoms with Crippen molar-refractivity contribution in [3.05, 3.63) is 77.6 Å². The number of rotatable bonds is 5. The zero-order valence-corrected chi connectivity index (χ0v) is 15.8. The van der Waals surface area contributed by atoms with Crippen molar-refractivity contribution in [3.63, 3.8) is 0 Å². The van der Waals surface area contributed by atoms with Crippen LogP contribution in [0.4, 0.5) is 4.79 Å². The van der Waals surface area contributed by atoms with Crippen LogP contribution in [0, 0.1) is 0 Å². The first-order valence-electron chi connectivity index (χ1n) is 9.48. The van der Waals surface area contributed by atoms with Crippen LogP contribution in [0.5, 0.6) is 0 Å². The van der Waals surface area contributed by atoms with Gasteiger partial charge in [-0.25, -0.2) is 4.79 Å². The predicted octanol–water partition coefficient (Wildman–Crippen LogP) is 2.62. The van der Waals surface area contributed by atoms with Crippen LogP contribution in [0.25, 0.3) is 0 Å². The standard InChI is InChI=1S/C21H21N5O3/c27-18(16-7-3-1-4-8-16)15-26-23-19(22-24-26)21(17-9-5-2-6-10-17)11-13-25(14-12-21)20(28)29/h1-10H,11-15H2,(H,28,29). The van der Waals surface area contributed by atoms with Gasteiger partial charge in [0.05, 0.1) is 5.41 Å². The van der Waals surface area contributed by atoms with Crippen molar-refractivity contribution in [3.8, 4) is 0 Å². The highest BCUT2D eigenvalue weighted by Gasteiger charge is 2.42. The number of aromatic nitrogens is 4. The average Bonchev–Trinajstić information content (AvgIpc) is 3.24. The van der Waals surface area contributed by atoms with Crippen molar-refractivity contribution in [1.82, 2.24) is 25.1 Å². The van der Waals surface area contributed by atoms with Crippen LogP contribution in [0.2, 0.25) is 0 Å². The molecule has 29 heavy (non-hydrogen) atoms. The number of carboxylic acid groups (broad SMARTS) is 1. The number of nitrogens with zero attached hydrogens (tertiary/aromatic N) is 5. The number of ketones is 1. The highest BCUT2D eigenvalue weighted by Crippen LogP contribution is 2.39. The number of carbonyl (C=O) groups excluding carboxylic acids is 1. The van der Waals surface area contributed by atoms with E-state index in [0.717, 1.165) is 5.56 Å². The second kappa shape index (κ2) is 7.83. The van der Waals surface area contributed by atoms with Crippen molar-refractivity contribution in [2.45, 2.75) is 24.8 Å². The summed E-state index contributed by atoms with van der Waals surface area (Å²) in [5, 5.41) is 22.2. The first kappa shape index (κ1) is 18.8. The molecule has 1 saturated heterocycles. The first-order chi connectivity index (χ1) is 14.1. The number of piperidine rings is 1. The SMILES string of the molecule is O=C(Cn1nnc(C2(c3ccccc3)CCN(C(=O)O)CC2)n1)c1ccccc1. The van der Waals surface area contributed by atoms with Crippen LogP contribution >= 0.6 is 0 Å². The molecule has 1 N–H and O–H groups in total. The number of carbonyl (C=O) groups is 2. The van der Waals surface area contributed by atoms with Gasteiger partial charge in [0.15, 0.2) is 11.6 Å². The summed E-state index contributed by atoms with van der Waals surface area (Å²) in [5.41, 5.74) is 1.10. The topological polar surface area (TPSA) is 101 Å². The van der Waals surface area contributed by atoms with E-state index in [9.17, 15) is 14.7 Å². The molecule has 0 bridgehead atoms. The minimum Gasteiger partial charge on any atom is -0.465 e. The Labute approximate surface area is 167 Å². The van der Waals surface area contributed by atoms with E-state index in [1.54, 1.807) is 12.1 Å². The van der Waals surface area contributed by atoms with Crippen LogP contribution in [-0.2, 0) is 12.0 Å². The van der Waals surface area contributed by atoms with E-state index in [1.165, 1.54) is 9.70 Å². The molecule has 8 heteroatoms. The smallest absolute Gasteiger partial charge is 0.407 e. The van der Waals surface area contributed by atoms with Crippen LogP contribution in [0.1, 0.15) is 34.6 Å². The predicted molar refractivity (Wildman–Crippen MR) is 105 cm³/mol. The van der Waals surface area contributed by atoms with Gasteiger partial charge < -0.3 is 10.0 Å². The normalized spacial score (nSPS) is 15.8. The van der Waals surface area contributed by atoms with Gasteiger partial charge >= 0.3 is 6.09 Å². The lowest BCUT2D eigenvalue weighted by atomic mass is 9.72. The van der Waals surface area contributed by atoms with E-state index < -0.39 is 11.5 Å². The third-order valence-electron chi connectivity index (χ3n) is 5.48. The number of benzene rings is 2. The average molecular weight is 391 g/mol. The summed E-state index contributed by atoms with van der Waals surface area (Å²) < 4.78 is 0. The van der Waals surface area contributed by atoms with E-state index in [-0.39, 0.29) is 12.3 Å². The van der Waals surface area contributed by atoms with Gasteiger partial charge in [-0.1, -0.05) is 60.7 Å². The Morgan fingerprint density at radius 3 is 2.21 bits per heavy atom. The Bertz CT molecular complexity index is 995. The molecule has 0 spiro atoms. The molecule has 4 rings (SSSR count). The van der Waals surface area contributed by atoms with Gasteiger partial charge in [-0.15, -0.1) is 10.2 Å². The molecule has 0 atom stereocenters. The minimum absolute atomic E-state index is 0.00311. The first-order valence-corrected chi connectivity index (χ1v) is 9.48. The third-order valence-corrected chi connectivity index (χ3v) is 5.48. The lowest BCUT2D eigenvalue weighted by Crippen LogP contribution is -2.45. The summed E-state index contributed by atoms with van der Waals surface area (Å²) in [5.74, 6) is 0.429. The molecule has 1 amide bonds. The molecule has 148 valence electrons. The molecule has 1 aliphatic rings. The van der Waals surface area contributed by atoms with Gasteiger partial charge in [-0.2, -0.15) is 4.80 Å². The van der Waals surface area contributed by atoms with E-state index in [2.05, 4.69) is 15.4 Å². The molecule has 0 unspecified atom stereocenters. The van der Waals surface area contributed by atoms with Gasteiger partial charge in [0.1, 0.15) is 6.54 Å². The van der Waals surface area contributed by atoms with Gasteiger partial charge in [-0.05, 0) is 23.6 Å². The zero-order chi connectivity index (χ0) is 20.3. The summed E-state index contributed by atoms with van der Waals surface area (Å²) in [6, 6.07) is 18.8. The number of tetrazole rings is 1. The summed E-state index contributed by atoms with van der Waals surface area (Å²) in [6.45, 7) is 0.784. The van der Waals surface area contributed by atoms with E-state index >= 15 is 0 Å². The number of Topliss-reactive ketones (excluding diaryl/α,β-unsaturated/α-hetero) is 1. The molecule has 2 aromatic carbocycles. The maximum atomic E-state index is 12.5. The van der Waals surface area contributed by atoms with Crippen molar-refractivity contribution in [2.75, 3.05) is 13.1 Å². The quantitative estimate of drug-likeness (QED) is 0.671. The summed E-state index contributed by atoms with van der Waals surface area (Å²) in [4.78, 5) is 26.5. The fourth-order valence-electron chi connectivity index (χ4n) is 3.82. The van der Waals surface area contributed by atoms with E-state index in [4.69, 9.17) is 0 Å². The molecule has 0 aliphatic carbocycles. The maximum absolute atomic E-state index is 12.5. The fraction of sp³-hybridized carbons (Fsp3) is 0.286. The Morgan fingerprint density at radius 1 is 0.966 bits per heavy atom. The second-order valence-electron chi connectivity index (χ2n) is 7.15. The molecule has 0 saturated carbocycles. The molecule has 0 radical (unpaired) electrons. The van der Waals surface area contributed by atoms with Crippen LogP contribution < -0.4 is 0 Å². The molecular formula is C21H21N5O3. The van der Waals surface area contributed by atoms with Crippen molar-refractivity contribution in [2.24, 2.45) is 0 Å². The summed E-state index contributed by atoms with van der Waals surface area (Å²) in [6.07, 6.45) is 0.195. The fourth-order valence-corrected chi connectivity index (χ4v) is 3.82. The summed E-state index contributed by atoms with van der Waals surface area (Å²) in [7, 11) is 0. The highest BCUT2D eigenvalue weighted by atomic mass is 16.4. The van der Waals surface area contributed by atoms with Crippen molar-refractivity contribution in [1.29, 1.82) is 0 Å². The van der Waals surface area contributed by atoms with Gasteiger partial charge in [0, 0.05) is 18.7 Å². The van der Waals surface area contributed by atoms with Crippen LogP contribution in [-0.4, -0.2) is 55.2 Å². The van der Waals surface area contributed by atoms with E-state index in [1.807, 2.05) is 48.5 Å². The molecular weight excluding hydrogens is 370 g/mol. The van der Waals surface area contributed by atoms with Crippen molar-refractivity contribution >= 4 is 11.9 Å². The van der Waals surface area contributed by atoms with Crippen molar-refractivity contribution < 1.29 is 14.7 Å². The molecule has 1 fully saturated rings. The maximum Gasteiger partial charge on any atom is 0.407 e. The van der Waals surface area contributed by atoms with Gasteiger partial charge in [-0.3, -0.25) is 4.79 Å². The second-order valence-corrected chi connectivity index (χ2v) is 7.15. The minimum atomic E-state index is -0.920. The Balaban J connectivity index is 1.61. The van der Waals surface area contributed by atoms with Gasteiger partial charge in [0.2, 0.25) is 0 Å². The Morgan fingerprint density at radius 2 is 1.59 bits per heavy atom.